The maximum Gasteiger partial charge on any atom is 0.325 e. The number of hydrogen-bond acceptors (Lipinski definition) is 4. The largest absolute Gasteiger partial charge is 0.354 e. The van der Waals surface area contributed by atoms with Crippen molar-refractivity contribution in [3.8, 4) is 0 Å². The van der Waals surface area contributed by atoms with Crippen LogP contribution >= 0.6 is 0 Å². The number of carbonyl (C=O) groups excluding carboxylic acids is 3. The summed E-state index contributed by atoms with van der Waals surface area (Å²) in [5, 5.41) is 5.46. The van der Waals surface area contributed by atoms with Crippen molar-refractivity contribution in [1.29, 1.82) is 0 Å². The number of nitrogens with one attached hydrogen (secondary N) is 3. The van der Waals surface area contributed by atoms with Gasteiger partial charge < -0.3 is 15.6 Å². The summed E-state index contributed by atoms with van der Waals surface area (Å²) in [7, 11) is 0. The van der Waals surface area contributed by atoms with Crippen LogP contribution in [-0.2, 0) is 21.5 Å². The molecule has 0 saturated carbocycles. The molecule has 2 heterocycles. The van der Waals surface area contributed by atoms with Crippen molar-refractivity contribution in [2.75, 3.05) is 13.1 Å². The average molecular weight is 405 g/mol. The van der Waals surface area contributed by atoms with E-state index in [0.717, 1.165) is 27.3 Å². The van der Waals surface area contributed by atoms with E-state index < -0.39 is 23.4 Å². The van der Waals surface area contributed by atoms with Gasteiger partial charge in [0, 0.05) is 13.0 Å². The van der Waals surface area contributed by atoms with Gasteiger partial charge in [-0.2, -0.15) is 0 Å². The molecule has 3 aromatic rings. The molecule has 8 nitrogen and oxygen atoms in total. The first kappa shape index (κ1) is 19.6. The number of aryl methyl sites for hydroxylation is 1. The van der Waals surface area contributed by atoms with Gasteiger partial charge in [-0.3, -0.25) is 14.5 Å². The van der Waals surface area contributed by atoms with Crippen LogP contribution in [0.3, 0.4) is 0 Å². The maximum atomic E-state index is 12.9. The first-order valence-electron chi connectivity index (χ1n) is 9.78. The number of aromatic nitrogens is 2. The molecule has 0 bridgehead atoms. The molecule has 30 heavy (non-hydrogen) atoms. The average Bonchev–Trinajstić information content (AvgIpc) is 3.23. The van der Waals surface area contributed by atoms with E-state index in [4.69, 9.17) is 0 Å². The maximum absolute atomic E-state index is 12.9. The van der Waals surface area contributed by atoms with Crippen molar-refractivity contribution >= 4 is 28.9 Å². The minimum Gasteiger partial charge on any atom is -0.354 e. The van der Waals surface area contributed by atoms with Crippen LogP contribution in [0.25, 0.3) is 11.0 Å². The predicted octanol–water partition coefficient (Wildman–Crippen LogP) is 2.00. The smallest absolute Gasteiger partial charge is 0.325 e. The van der Waals surface area contributed by atoms with Crippen LogP contribution in [-0.4, -0.2) is 45.8 Å². The van der Waals surface area contributed by atoms with Crippen LogP contribution in [0.15, 0.2) is 48.5 Å². The highest BCUT2D eigenvalue weighted by atomic mass is 16.2. The number of rotatable bonds is 6. The minimum atomic E-state index is -1.18. The Kier molecular flexibility index (Phi) is 4.99. The van der Waals surface area contributed by atoms with E-state index in [-0.39, 0.29) is 6.54 Å². The molecule has 0 spiro atoms. The Morgan fingerprint density at radius 3 is 2.60 bits per heavy atom. The second kappa shape index (κ2) is 7.62. The minimum absolute atomic E-state index is 0.327. The fourth-order valence-corrected chi connectivity index (χ4v) is 3.57. The number of nitrogens with zero attached hydrogens (tertiary/aromatic N) is 2. The molecule has 0 aliphatic carbocycles. The molecule has 1 aromatic heterocycles. The highest BCUT2D eigenvalue weighted by Crippen LogP contribution is 2.28. The first-order chi connectivity index (χ1) is 14.4. The molecule has 3 N–H and O–H groups in total. The Balaban J connectivity index is 1.35. The van der Waals surface area contributed by atoms with Gasteiger partial charge in [0.2, 0.25) is 5.91 Å². The van der Waals surface area contributed by atoms with Crippen LogP contribution in [0.2, 0.25) is 0 Å². The number of aromatic amines is 1. The fourth-order valence-electron chi connectivity index (χ4n) is 3.57. The number of imide groups is 1. The number of hydrogen-bond donors (Lipinski definition) is 3. The van der Waals surface area contributed by atoms with Gasteiger partial charge in [0.05, 0.1) is 11.0 Å². The zero-order chi connectivity index (χ0) is 21.3. The van der Waals surface area contributed by atoms with Crippen LogP contribution in [0, 0.1) is 6.92 Å². The predicted molar refractivity (Wildman–Crippen MR) is 112 cm³/mol. The Hall–Kier alpha value is -3.68. The summed E-state index contributed by atoms with van der Waals surface area (Å²) < 4.78 is 0. The van der Waals surface area contributed by atoms with Gasteiger partial charge in [0.25, 0.3) is 5.91 Å². The van der Waals surface area contributed by atoms with Crippen molar-refractivity contribution in [2.45, 2.75) is 25.8 Å². The third-order valence-electron chi connectivity index (χ3n) is 5.33. The van der Waals surface area contributed by atoms with Crippen LogP contribution in [0.4, 0.5) is 4.79 Å². The van der Waals surface area contributed by atoms with Crippen molar-refractivity contribution < 1.29 is 14.4 Å². The van der Waals surface area contributed by atoms with Gasteiger partial charge in [-0.25, -0.2) is 9.78 Å². The van der Waals surface area contributed by atoms with Gasteiger partial charge in [-0.15, -0.1) is 0 Å². The number of imidazole rings is 1. The number of H-pyrrole nitrogens is 1. The summed E-state index contributed by atoms with van der Waals surface area (Å²) in [4.78, 5) is 46.2. The lowest BCUT2D eigenvalue weighted by Gasteiger charge is -2.22. The summed E-state index contributed by atoms with van der Waals surface area (Å²) in [5.41, 5.74) is 2.36. The number of fused-ring (bicyclic) bond motifs is 1. The van der Waals surface area contributed by atoms with Gasteiger partial charge in [0.15, 0.2) is 0 Å². The van der Waals surface area contributed by atoms with E-state index in [1.54, 1.807) is 6.92 Å². The SMILES string of the molecule is Cc1ccc(C2(C)NC(=O)N(CC(=O)NCCc3nc4ccccc4[nH]3)C2=O)cc1. The fraction of sp³-hybridized carbons (Fsp3) is 0.273. The topological polar surface area (TPSA) is 107 Å². The molecule has 8 heteroatoms. The zero-order valence-electron chi connectivity index (χ0n) is 16.9. The Bertz CT molecular complexity index is 1090. The Morgan fingerprint density at radius 2 is 1.87 bits per heavy atom. The van der Waals surface area contributed by atoms with Crippen LogP contribution in [0.5, 0.6) is 0 Å². The van der Waals surface area contributed by atoms with E-state index >= 15 is 0 Å². The highest BCUT2D eigenvalue weighted by Gasteiger charge is 2.49. The second-order valence-electron chi connectivity index (χ2n) is 7.61. The van der Waals surface area contributed by atoms with E-state index in [1.807, 2.05) is 55.5 Å². The molecule has 1 aliphatic rings. The molecule has 4 amide bonds. The van der Waals surface area contributed by atoms with Crippen LogP contribution in [0.1, 0.15) is 23.9 Å². The number of benzene rings is 2. The lowest BCUT2D eigenvalue weighted by molar-refractivity contribution is -0.134. The van der Waals surface area contributed by atoms with Gasteiger partial charge in [-0.1, -0.05) is 42.0 Å². The normalized spacial score (nSPS) is 18.7. The monoisotopic (exact) mass is 405 g/mol. The molecule has 1 fully saturated rings. The molecular weight excluding hydrogens is 382 g/mol. The lowest BCUT2D eigenvalue weighted by atomic mass is 9.91. The summed E-state index contributed by atoms with van der Waals surface area (Å²) in [6, 6.07) is 14.5. The molecule has 0 radical (unpaired) electrons. The second-order valence-corrected chi connectivity index (χ2v) is 7.61. The summed E-state index contributed by atoms with van der Waals surface area (Å²) in [5.74, 6) is -0.0787. The van der Waals surface area contributed by atoms with E-state index in [0.29, 0.717) is 18.5 Å². The highest BCUT2D eigenvalue weighted by molar-refractivity contribution is 6.09. The van der Waals surface area contributed by atoms with Crippen molar-refractivity contribution in [3.05, 3.63) is 65.5 Å². The van der Waals surface area contributed by atoms with E-state index in [1.165, 1.54) is 0 Å². The Morgan fingerprint density at radius 1 is 1.13 bits per heavy atom. The molecule has 1 aliphatic heterocycles. The van der Waals surface area contributed by atoms with E-state index in [9.17, 15) is 14.4 Å². The molecule has 4 rings (SSSR count). The first-order valence-corrected chi connectivity index (χ1v) is 9.78. The molecule has 154 valence electrons. The van der Waals surface area contributed by atoms with Crippen LogP contribution < -0.4 is 10.6 Å². The molecule has 2 aromatic carbocycles. The van der Waals surface area contributed by atoms with Gasteiger partial charge in [0.1, 0.15) is 17.9 Å². The van der Waals surface area contributed by atoms with Gasteiger partial charge in [-0.05, 0) is 31.5 Å². The van der Waals surface area contributed by atoms with E-state index in [2.05, 4.69) is 20.6 Å². The molecule has 1 unspecified atom stereocenters. The number of para-hydroxylation sites is 2. The van der Waals surface area contributed by atoms with Crippen molar-refractivity contribution in [1.82, 2.24) is 25.5 Å². The molecule has 1 atom stereocenters. The number of amides is 4. The summed E-state index contributed by atoms with van der Waals surface area (Å²) in [6.45, 7) is 3.62. The molecule has 1 saturated heterocycles. The summed E-state index contributed by atoms with van der Waals surface area (Å²) in [6.07, 6.45) is 0.516. The third kappa shape index (κ3) is 3.63. The van der Waals surface area contributed by atoms with Gasteiger partial charge >= 0.3 is 6.03 Å². The quantitative estimate of drug-likeness (QED) is 0.545. The zero-order valence-corrected chi connectivity index (χ0v) is 16.9. The Labute approximate surface area is 173 Å². The number of carbonyl (C=O) groups is 3. The van der Waals surface area contributed by atoms with Crippen molar-refractivity contribution in [3.63, 3.8) is 0 Å². The van der Waals surface area contributed by atoms with Crippen molar-refractivity contribution in [2.24, 2.45) is 0 Å². The number of urea groups is 1. The molecular formula is C22H23N5O3. The summed E-state index contributed by atoms with van der Waals surface area (Å²) >= 11 is 0. The standard InChI is InChI=1S/C22H23N5O3/c1-14-7-9-15(10-8-14)22(2)20(29)27(21(30)26-22)13-19(28)23-12-11-18-24-16-5-3-4-6-17(16)25-18/h3-10H,11-13H2,1-2H3,(H,23,28)(H,24,25)(H,26,30). The third-order valence-corrected chi connectivity index (χ3v) is 5.33. The lowest BCUT2D eigenvalue weighted by Crippen LogP contribution is -2.43.